The summed E-state index contributed by atoms with van der Waals surface area (Å²) in [5.41, 5.74) is -0.795. The number of carboxylic acids is 1. The molecule has 0 atom stereocenters. The molecule has 110 valence electrons. The Morgan fingerprint density at radius 2 is 1.95 bits per heavy atom. The van der Waals surface area contributed by atoms with E-state index in [1.807, 2.05) is 0 Å². The van der Waals surface area contributed by atoms with E-state index in [4.69, 9.17) is 11.6 Å². The van der Waals surface area contributed by atoms with Crippen molar-refractivity contribution >= 4 is 45.2 Å². The van der Waals surface area contributed by atoms with Crippen LogP contribution in [0.3, 0.4) is 0 Å². The topological polar surface area (TPSA) is 78.4 Å². The van der Waals surface area contributed by atoms with E-state index in [-0.39, 0.29) is 0 Å². The summed E-state index contributed by atoms with van der Waals surface area (Å²) >= 11 is 9.14. The van der Waals surface area contributed by atoms with Crippen molar-refractivity contribution in [2.45, 2.75) is 32.2 Å². The molecule has 0 fully saturated rings. The summed E-state index contributed by atoms with van der Waals surface area (Å²) in [6.45, 7) is 3.43. The minimum absolute atomic E-state index is 0.295. The second-order valence-corrected chi connectivity index (χ2v) is 5.59. The van der Waals surface area contributed by atoms with E-state index in [0.717, 1.165) is 0 Å². The summed E-state index contributed by atoms with van der Waals surface area (Å²) in [6.07, 6.45) is 0.589. The summed E-state index contributed by atoms with van der Waals surface area (Å²) in [4.78, 5) is 23.3. The molecule has 0 aliphatic rings. The van der Waals surface area contributed by atoms with Crippen molar-refractivity contribution in [3.05, 3.63) is 27.7 Å². The van der Waals surface area contributed by atoms with E-state index in [0.29, 0.717) is 28.0 Å². The second-order valence-electron chi connectivity index (χ2n) is 4.30. The zero-order valence-electron chi connectivity index (χ0n) is 11.2. The van der Waals surface area contributed by atoms with Gasteiger partial charge in [-0.2, -0.15) is 0 Å². The molecule has 3 N–H and O–H groups in total. The van der Waals surface area contributed by atoms with Gasteiger partial charge in [0.2, 0.25) is 0 Å². The van der Waals surface area contributed by atoms with Crippen LogP contribution >= 0.6 is 27.5 Å². The maximum atomic E-state index is 12.0. The number of halogens is 2. The van der Waals surface area contributed by atoms with Crippen molar-refractivity contribution in [3.63, 3.8) is 0 Å². The minimum atomic E-state index is -1.27. The van der Waals surface area contributed by atoms with Crippen molar-refractivity contribution in [1.29, 1.82) is 0 Å². The number of amides is 2. The lowest BCUT2D eigenvalue weighted by atomic mass is 9.93. The number of hydrogen-bond donors (Lipinski definition) is 3. The van der Waals surface area contributed by atoms with E-state index in [1.165, 1.54) is 0 Å². The number of nitrogens with one attached hydrogen (secondary N) is 2. The SMILES string of the molecule is CCC(CC)(NC(=O)Nc1cc(Cl)ccc1Br)C(=O)O. The summed E-state index contributed by atoms with van der Waals surface area (Å²) in [5, 5.41) is 14.8. The van der Waals surface area contributed by atoms with Crippen LogP contribution in [0.25, 0.3) is 0 Å². The van der Waals surface area contributed by atoms with Gasteiger partial charge in [-0.25, -0.2) is 9.59 Å². The van der Waals surface area contributed by atoms with Gasteiger partial charge in [-0.15, -0.1) is 0 Å². The van der Waals surface area contributed by atoms with Crippen LogP contribution in [0, 0.1) is 0 Å². The Labute approximate surface area is 130 Å². The van der Waals surface area contributed by atoms with Crippen LogP contribution in [0.1, 0.15) is 26.7 Å². The molecule has 0 aliphatic heterocycles. The highest BCUT2D eigenvalue weighted by Gasteiger charge is 2.36. The van der Waals surface area contributed by atoms with Crippen LogP contribution in [0.5, 0.6) is 0 Å². The van der Waals surface area contributed by atoms with Gasteiger partial charge in [0.1, 0.15) is 5.54 Å². The number of hydrogen-bond acceptors (Lipinski definition) is 2. The molecule has 0 unspecified atom stereocenters. The first kappa shape index (κ1) is 16.8. The van der Waals surface area contributed by atoms with Crippen LogP contribution in [0.4, 0.5) is 10.5 Å². The highest BCUT2D eigenvalue weighted by atomic mass is 79.9. The van der Waals surface area contributed by atoms with Crippen molar-refractivity contribution in [3.8, 4) is 0 Å². The lowest BCUT2D eigenvalue weighted by Gasteiger charge is -2.28. The maximum Gasteiger partial charge on any atom is 0.329 e. The van der Waals surface area contributed by atoms with Crippen LogP contribution in [0.2, 0.25) is 5.02 Å². The van der Waals surface area contributed by atoms with Crippen molar-refractivity contribution < 1.29 is 14.7 Å². The first-order chi connectivity index (χ1) is 9.34. The number of rotatable bonds is 5. The highest BCUT2D eigenvalue weighted by Crippen LogP contribution is 2.26. The molecular weight excluding hydrogens is 348 g/mol. The van der Waals surface area contributed by atoms with Gasteiger partial charge < -0.3 is 15.7 Å². The predicted octanol–water partition coefficient (Wildman–Crippen LogP) is 3.87. The van der Waals surface area contributed by atoms with E-state index >= 15 is 0 Å². The van der Waals surface area contributed by atoms with Gasteiger partial charge in [-0.05, 0) is 47.0 Å². The fraction of sp³-hybridized carbons (Fsp3) is 0.385. The smallest absolute Gasteiger partial charge is 0.329 e. The largest absolute Gasteiger partial charge is 0.480 e. The number of anilines is 1. The van der Waals surface area contributed by atoms with Crippen molar-refractivity contribution in [2.75, 3.05) is 5.32 Å². The summed E-state index contributed by atoms with van der Waals surface area (Å²) in [5.74, 6) is -1.05. The van der Waals surface area contributed by atoms with Gasteiger partial charge in [0, 0.05) is 9.50 Å². The van der Waals surface area contributed by atoms with Gasteiger partial charge >= 0.3 is 12.0 Å². The molecule has 2 amide bonds. The lowest BCUT2D eigenvalue weighted by molar-refractivity contribution is -0.144. The number of urea groups is 1. The molecule has 20 heavy (non-hydrogen) atoms. The van der Waals surface area contributed by atoms with Crippen LogP contribution in [-0.2, 0) is 4.79 Å². The summed E-state index contributed by atoms with van der Waals surface area (Å²) < 4.78 is 0.658. The molecule has 1 aromatic carbocycles. The molecule has 0 aliphatic carbocycles. The summed E-state index contributed by atoms with van der Waals surface area (Å²) in [7, 11) is 0. The van der Waals surface area contributed by atoms with Gasteiger partial charge in [0.15, 0.2) is 0 Å². The van der Waals surface area contributed by atoms with E-state index in [1.54, 1.807) is 32.0 Å². The molecular formula is C13H16BrClN2O3. The predicted molar refractivity (Wildman–Crippen MR) is 82.3 cm³/mol. The monoisotopic (exact) mass is 362 g/mol. The lowest BCUT2D eigenvalue weighted by Crippen LogP contribution is -2.55. The molecule has 0 radical (unpaired) electrons. The molecule has 5 nitrogen and oxygen atoms in total. The van der Waals surface area contributed by atoms with E-state index in [2.05, 4.69) is 26.6 Å². The Morgan fingerprint density at radius 3 is 2.45 bits per heavy atom. The highest BCUT2D eigenvalue weighted by molar-refractivity contribution is 9.10. The third-order valence-electron chi connectivity index (χ3n) is 3.15. The summed E-state index contributed by atoms with van der Waals surface area (Å²) in [6, 6.07) is 4.36. The average Bonchev–Trinajstić information content (AvgIpc) is 2.40. The molecule has 0 saturated carbocycles. The Kier molecular flexibility index (Phi) is 5.83. The van der Waals surface area contributed by atoms with Gasteiger partial charge in [-0.1, -0.05) is 25.4 Å². The van der Waals surface area contributed by atoms with Crippen LogP contribution in [-0.4, -0.2) is 22.6 Å². The third-order valence-corrected chi connectivity index (χ3v) is 4.07. The zero-order chi connectivity index (χ0) is 15.3. The molecule has 0 bridgehead atoms. The molecule has 1 aromatic rings. The molecule has 1 rings (SSSR count). The fourth-order valence-corrected chi connectivity index (χ4v) is 2.26. The Hall–Kier alpha value is -1.27. The quantitative estimate of drug-likeness (QED) is 0.743. The average molecular weight is 364 g/mol. The normalized spacial score (nSPS) is 11.0. The van der Waals surface area contributed by atoms with Crippen molar-refractivity contribution in [2.24, 2.45) is 0 Å². The first-order valence-electron chi connectivity index (χ1n) is 6.12. The zero-order valence-corrected chi connectivity index (χ0v) is 13.5. The number of benzene rings is 1. The fourth-order valence-electron chi connectivity index (χ4n) is 1.75. The molecule has 0 heterocycles. The van der Waals surface area contributed by atoms with Gasteiger partial charge in [0.25, 0.3) is 0 Å². The Balaban J connectivity index is 2.86. The number of carboxylic acid groups (broad SMARTS) is 1. The first-order valence-corrected chi connectivity index (χ1v) is 7.29. The standard InChI is InChI=1S/C13H16BrClN2O3/c1-3-13(4-2,11(18)19)17-12(20)16-10-7-8(15)5-6-9(10)14/h5-7H,3-4H2,1-2H3,(H,18,19)(H2,16,17,20). The molecule has 7 heteroatoms. The van der Waals surface area contributed by atoms with E-state index < -0.39 is 17.5 Å². The Bertz CT molecular complexity index is 518. The number of carbonyl (C=O) groups is 2. The molecule has 0 saturated heterocycles. The number of aliphatic carboxylic acids is 1. The maximum absolute atomic E-state index is 12.0. The molecule has 0 aromatic heterocycles. The Morgan fingerprint density at radius 1 is 1.35 bits per heavy atom. The van der Waals surface area contributed by atoms with Crippen molar-refractivity contribution in [1.82, 2.24) is 5.32 Å². The van der Waals surface area contributed by atoms with Crippen LogP contribution < -0.4 is 10.6 Å². The minimum Gasteiger partial charge on any atom is -0.480 e. The van der Waals surface area contributed by atoms with E-state index in [9.17, 15) is 14.7 Å². The van der Waals surface area contributed by atoms with Gasteiger partial charge in [0.05, 0.1) is 5.69 Å². The van der Waals surface area contributed by atoms with Crippen LogP contribution in [0.15, 0.2) is 22.7 Å². The number of carbonyl (C=O) groups excluding carboxylic acids is 1. The third kappa shape index (κ3) is 3.86. The van der Waals surface area contributed by atoms with Gasteiger partial charge in [-0.3, -0.25) is 0 Å². The second kappa shape index (κ2) is 6.95. The molecule has 0 spiro atoms.